The van der Waals surface area contributed by atoms with Crippen molar-refractivity contribution in [1.82, 2.24) is 5.32 Å². The van der Waals surface area contributed by atoms with E-state index in [1.54, 1.807) is 0 Å². The zero-order chi connectivity index (χ0) is 15.6. The van der Waals surface area contributed by atoms with Crippen LogP contribution in [-0.4, -0.2) is 19.7 Å². The quantitative estimate of drug-likeness (QED) is 0.795. The molecule has 0 saturated heterocycles. The van der Waals surface area contributed by atoms with Crippen LogP contribution in [0.2, 0.25) is 0 Å². The minimum atomic E-state index is -0.385. The monoisotopic (exact) mass is 299 g/mol. The third-order valence-corrected chi connectivity index (χ3v) is 3.27. The van der Waals surface area contributed by atoms with Crippen LogP contribution in [0.25, 0.3) is 0 Å². The van der Waals surface area contributed by atoms with Crippen molar-refractivity contribution < 1.29 is 14.3 Å². The lowest BCUT2D eigenvalue weighted by molar-refractivity contribution is 0.171. The van der Waals surface area contributed by atoms with Crippen LogP contribution >= 0.6 is 0 Å². The number of hydrogen-bond acceptors (Lipinski definition) is 3. The molecular formula is C18H21NO3. The van der Waals surface area contributed by atoms with Crippen LogP contribution in [0.15, 0.2) is 54.6 Å². The van der Waals surface area contributed by atoms with Gasteiger partial charge < -0.3 is 14.8 Å². The lowest BCUT2D eigenvalue weighted by Gasteiger charge is -2.08. The molecule has 2 rings (SSSR count). The van der Waals surface area contributed by atoms with Gasteiger partial charge in [0.15, 0.2) is 0 Å². The number of alkyl carbamates (subject to hydrolysis) is 1. The first-order chi connectivity index (χ1) is 10.8. The molecule has 4 nitrogen and oxygen atoms in total. The van der Waals surface area contributed by atoms with E-state index in [-0.39, 0.29) is 6.09 Å². The average Bonchev–Trinajstić information content (AvgIpc) is 2.58. The van der Waals surface area contributed by atoms with Gasteiger partial charge in [0.05, 0.1) is 7.11 Å². The Bertz CT molecular complexity index is 567. The van der Waals surface area contributed by atoms with E-state index in [4.69, 9.17) is 4.74 Å². The third-order valence-electron chi connectivity index (χ3n) is 3.27. The van der Waals surface area contributed by atoms with Gasteiger partial charge in [-0.3, -0.25) is 0 Å². The van der Waals surface area contributed by atoms with Gasteiger partial charge in [-0.25, -0.2) is 4.79 Å². The van der Waals surface area contributed by atoms with Gasteiger partial charge in [0, 0.05) is 6.54 Å². The molecule has 1 amide bonds. The molecule has 0 aliphatic heterocycles. The Balaban J connectivity index is 1.72. The van der Waals surface area contributed by atoms with Crippen LogP contribution in [0.3, 0.4) is 0 Å². The molecule has 22 heavy (non-hydrogen) atoms. The molecule has 0 heterocycles. The van der Waals surface area contributed by atoms with Crippen molar-refractivity contribution >= 4 is 6.09 Å². The lowest BCUT2D eigenvalue weighted by atomic mass is 10.1. The van der Waals surface area contributed by atoms with Crippen molar-refractivity contribution in [3.05, 3.63) is 65.7 Å². The summed E-state index contributed by atoms with van der Waals surface area (Å²) in [5.41, 5.74) is 2.37. The highest BCUT2D eigenvalue weighted by Crippen LogP contribution is 2.15. The predicted octanol–water partition coefficient (Wildman–Crippen LogP) is 3.55. The zero-order valence-corrected chi connectivity index (χ0v) is 12.7. The maximum Gasteiger partial charge on any atom is 0.406 e. The van der Waals surface area contributed by atoms with E-state index in [0.717, 1.165) is 24.2 Å². The van der Waals surface area contributed by atoms with Crippen molar-refractivity contribution in [2.24, 2.45) is 0 Å². The summed E-state index contributed by atoms with van der Waals surface area (Å²) < 4.78 is 10.3. The molecule has 0 saturated carbocycles. The fraction of sp³-hybridized carbons (Fsp3) is 0.278. The minimum absolute atomic E-state index is 0.385. The molecule has 0 aromatic heterocycles. The van der Waals surface area contributed by atoms with Crippen molar-refractivity contribution in [3.63, 3.8) is 0 Å². The number of benzene rings is 2. The molecule has 1 N–H and O–H groups in total. The molecule has 0 aliphatic carbocycles. The lowest BCUT2D eigenvalue weighted by Crippen LogP contribution is -2.24. The molecule has 0 atom stereocenters. The van der Waals surface area contributed by atoms with Crippen molar-refractivity contribution in [1.29, 1.82) is 0 Å². The summed E-state index contributed by atoms with van der Waals surface area (Å²) in [5.74, 6) is 0.861. The normalized spacial score (nSPS) is 10.0. The topological polar surface area (TPSA) is 47.6 Å². The van der Waals surface area contributed by atoms with E-state index in [9.17, 15) is 4.79 Å². The van der Waals surface area contributed by atoms with Gasteiger partial charge in [-0.05, 0) is 36.1 Å². The van der Waals surface area contributed by atoms with Gasteiger partial charge in [0.1, 0.15) is 12.4 Å². The van der Waals surface area contributed by atoms with Gasteiger partial charge in [0.2, 0.25) is 0 Å². The smallest absolute Gasteiger partial charge is 0.406 e. The molecule has 0 bridgehead atoms. The molecule has 0 radical (unpaired) electrons. The van der Waals surface area contributed by atoms with E-state index in [1.165, 1.54) is 12.7 Å². The summed E-state index contributed by atoms with van der Waals surface area (Å²) in [7, 11) is 1.36. The first kappa shape index (κ1) is 15.9. The third kappa shape index (κ3) is 5.48. The highest BCUT2D eigenvalue weighted by Gasteiger charge is 1.99. The van der Waals surface area contributed by atoms with Crippen LogP contribution in [-0.2, 0) is 17.8 Å². The second-order valence-corrected chi connectivity index (χ2v) is 4.94. The molecule has 0 spiro atoms. The van der Waals surface area contributed by atoms with Crippen LogP contribution in [0.5, 0.6) is 5.75 Å². The highest BCUT2D eigenvalue weighted by molar-refractivity contribution is 5.66. The number of amides is 1. The van der Waals surface area contributed by atoms with E-state index in [2.05, 4.69) is 22.2 Å². The van der Waals surface area contributed by atoms with Crippen molar-refractivity contribution in [3.8, 4) is 5.75 Å². The van der Waals surface area contributed by atoms with E-state index in [0.29, 0.717) is 13.2 Å². The van der Waals surface area contributed by atoms with Gasteiger partial charge in [-0.15, -0.1) is 0 Å². The van der Waals surface area contributed by atoms with Gasteiger partial charge in [0.25, 0.3) is 0 Å². The summed E-state index contributed by atoms with van der Waals surface area (Å²) >= 11 is 0. The number of hydrogen-bond donors (Lipinski definition) is 1. The van der Waals surface area contributed by atoms with Crippen LogP contribution in [0.4, 0.5) is 4.79 Å². The number of carbonyl (C=O) groups is 1. The van der Waals surface area contributed by atoms with Gasteiger partial charge in [-0.1, -0.05) is 42.5 Å². The maximum absolute atomic E-state index is 10.9. The Morgan fingerprint density at radius 2 is 1.73 bits per heavy atom. The standard InChI is InChI=1S/C18H21NO3/c1-21-18(20)19-13-5-8-15-9-11-17(12-10-15)22-14-16-6-3-2-4-7-16/h2-4,6-7,9-12H,5,8,13-14H2,1H3,(H,19,20). The maximum atomic E-state index is 10.9. The summed E-state index contributed by atoms with van der Waals surface area (Å²) in [4.78, 5) is 10.9. The van der Waals surface area contributed by atoms with E-state index in [1.807, 2.05) is 42.5 Å². The molecular weight excluding hydrogens is 278 g/mol. The van der Waals surface area contributed by atoms with Crippen molar-refractivity contribution in [2.45, 2.75) is 19.4 Å². The molecule has 0 fully saturated rings. The first-order valence-electron chi connectivity index (χ1n) is 7.35. The Morgan fingerprint density at radius 1 is 1.00 bits per heavy atom. The second-order valence-electron chi connectivity index (χ2n) is 4.94. The number of carbonyl (C=O) groups excluding carboxylic acids is 1. The number of ether oxygens (including phenoxy) is 2. The Morgan fingerprint density at radius 3 is 2.41 bits per heavy atom. The fourth-order valence-corrected chi connectivity index (χ4v) is 2.05. The Labute approximate surface area is 131 Å². The van der Waals surface area contributed by atoms with Gasteiger partial charge >= 0.3 is 6.09 Å². The summed E-state index contributed by atoms with van der Waals surface area (Å²) in [5, 5.41) is 2.67. The number of nitrogens with one attached hydrogen (secondary N) is 1. The molecule has 2 aromatic rings. The fourth-order valence-electron chi connectivity index (χ4n) is 2.05. The molecule has 0 unspecified atom stereocenters. The number of rotatable bonds is 7. The summed E-state index contributed by atoms with van der Waals surface area (Å²) in [6.45, 7) is 1.18. The molecule has 0 aliphatic rings. The highest BCUT2D eigenvalue weighted by atomic mass is 16.5. The molecule has 116 valence electrons. The van der Waals surface area contributed by atoms with E-state index < -0.39 is 0 Å². The molecule has 4 heteroatoms. The minimum Gasteiger partial charge on any atom is -0.489 e. The van der Waals surface area contributed by atoms with Crippen LogP contribution in [0.1, 0.15) is 17.5 Å². The van der Waals surface area contributed by atoms with Crippen LogP contribution < -0.4 is 10.1 Å². The SMILES string of the molecule is COC(=O)NCCCc1ccc(OCc2ccccc2)cc1. The summed E-state index contributed by atoms with van der Waals surface area (Å²) in [6, 6.07) is 18.2. The zero-order valence-electron chi connectivity index (χ0n) is 12.7. The number of methoxy groups -OCH3 is 1. The first-order valence-corrected chi connectivity index (χ1v) is 7.35. The largest absolute Gasteiger partial charge is 0.489 e. The average molecular weight is 299 g/mol. The second kappa shape index (κ2) is 8.72. The van der Waals surface area contributed by atoms with Gasteiger partial charge in [-0.2, -0.15) is 0 Å². The molecule has 2 aromatic carbocycles. The van der Waals surface area contributed by atoms with Crippen molar-refractivity contribution in [2.75, 3.05) is 13.7 Å². The Kier molecular flexibility index (Phi) is 6.30. The van der Waals surface area contributed by atoms with Crippen LogP contribution in [0, 0.1) is 0 Å². The predicted molar refractivity (Wildman–Crippen MR) is 85.9 cm³/mol. The Hall–Kier alpha value is -2.49. The summed E-state index contributed by atoms with van der Waals surface area (Å²) in [6.07, 6.45) is 1.40. The van der Waals surface area contributed by atoms with E-state index >= 15 is 0 Å². The number of aryl methyl sites for hydroxylation is 1.